The summed E-state index contributed by atoms with van der Waals surface area (Å²) in [7, 11) is 1.28. The second kappa shape index (κ2) is 12.5. The molecular formula is C27H41N3O5. The maximum absolute atomic E-state index is 13.6. The molecule has 0 radical (unpaired) electrons. The van der Waals surface area contributed by atoms with Gasteiger partial charge in [-0.3, -0.25) is 24.5 Å². The van der Waals surface area contributed by atoms with Gasteiger partial charge in [0.2, 0.25) is 0 Å². The fourth-order valence-corrected chi connectivity index (χ4v) is 5.21. The van der Waals surface area contributed by atoms with E-state index in [0.717, 1.165) is 56.2 Å². The van der Waals surface area contributed by atoms with Gasteiger partial charge in [0, 0.05) is 12.2 Å². The molecular weight excluding hydrogens is 446 g/mol. The molecule has 1 saturated carbocycles. The molecule has 0 aliphatic heterocycles. The van der Waals surface area contributed by atoms with Crippen LogP contribution in [0.25, 0.3) is 0 Å². The number of methoxy groups -OCH3 is 1. The summed E-state index contributed by atoms with van der Waals surface area (Å²) in [4.78, 5) is 51.0. The average molecular weight is 488 g/mol. The Kier molecular flexibility index (Phi) is 9.66. The number of hydrogen-bond acceptors (Lipinski definition) is 6. The molecule has 0 spiro atoms. The minimum absolute atomic E-state index is 0.0943. The van der Waals surface area contributed by atoms with Crippen LogP contribution in [0.3, 0.4) is 0 Å². The standard InChI is InChI=1S/C27H41N3O5/c1-27(2,23(31)16-28-17-24(32)35-3)29-25(33)21-15-20-13-9-4-5-10-14-22(20)30(26(21)34)18-19-11-7-6-8-12-19/h15,19,28H,4-14,16-18H2,1-3H3,(H,29,33). The quantitative estimate of drug-likeness (QED) is 0.519. The lowest BCUT2D eigenvalue weighted by atomic mass is 9.88. The van der Waals surface area contributed by atoms with Gasteiger partial charge >= 0.3 is 5.97 Å². The Bertz CT molecular complexity index is 976. The molecule has 0 aromatic carbocycles. The number of aromatic nitrogens is 1. The number of aryl methyl sites for hydroxylation is 1. The number of carbonyl (C=O) groups is 3. The van der Waals surface area contributed by atoms with Crippen LogP contribution >= 0.6 is 0 Å². The Morgan fingerprint density at radius 3 is 2.34 bits per heavy atom. The van der Waals surface area contributed by atoms with Gasteiger partial charge in [-0.15, -0.1) is 0 Å². The van der Waals surface area contributed by atoms with E-state index in [1.54, 1.807) is 19.9 Å². The number of amides is 1. The molecule has 8 heteroatoms. The number of carbonyl (C=O) groups excluding carboxylic acids is 3. The van der Waals surface area contributed by atoms with E-state index in [1.807, 2.05) is 4.57 Å². The van der Waals surface area contributed by atoms with Crippen molar-refractivity contribution in [2.75, 3.05) is 20.2 Å². The van der Waals surface area contributed by atoms with E-state index >= 15 is 0 Å². The Labute approximate surface area is 208 Å². The van der Waals surface area contributed by atoms with Crippen molar-refractivity contribution in [2.24, 2.45) is 5.92 Å². The zero-order valence-electron chi connectivity index (χ0n) is 21.5. The van der Waals surface area contributed by atoms with E-state index in [9.17, 15) is 19.2 Å². The molecule has 0 atom stereocenters. The highest BCUT2D eigenvalue weighted by Gasteiger charge is 2.31. The molecule has 1 aromatic rings. The van der Waals surface area contributed by atoms with Gasteiger partial charge in [-0.2, -0.15) is 0 Å². The normalized spacial score (nSPS) is 17.1. The number of Topliss-reactive ketones (excluding diaryl/α,β-unsaturated/α-hetero) is 1. The number of rotatable bonds is 9. The molecule has 194 valence electrons. The van der Waals surface area contributed by atoms with Crippen molar-refractivity contribution in [3.63, 3.8) is 0 Å². The summed E-state index contributed by atoms with van der Waals surface area (Å²) in [5.74, 6) is -0.820. The highest BCUT2D eigenvalue weighted by atomic mass is 16.5. The summed E-state index contributed by atoms with van der Waals surface area (Å²) in [6, 6.07) is 1.77. The van der Waals surface area contributed by atoms with Gasteiger partial charge in [-0.25, -0.2) is 0 Å². The van der Waals surface area contributed by atoms with Crippen LogP contribution in [0.4, 0.5) is 0 Å². The van der Waals surface area contributed by atoms with Crippen molar-refractivity contribution in [3.8, 4) is 0 Å². The summed E-state index contributed by atoms with van der Waals surface area (Å²) >= 11 is 0. The van der Waals surface area contributed by atoms with Gasteiger partial charge in [0.05, 0.1) is 25.7 Å². The Morgan fingerprint density at radius 1 is 1.00 bits per heavy atom. The molecule has 0 saturated heterocycles. The number of hydrogen-bond donors (Lipinski definition) is 2. The zero-order chi connectivity index (χ0) is 25.4. The molecule has 35 heavy (non-hydrogen) atoms. The van der Waals surface area contributed by atoms with Crippen LogP contribution in [-0.4, -0.2) is 48.0 Å². The molecule has 8 nitrogen and oxygen atoms in total. The first-order chi connectivity index (χ1) is 16.7. The molecule has 1 amide bonds. The fraction of sp³-hybridized carbons (Fsp3) is 0.704. The van der Waals surface area contributed by atoms with Gasteiger partial charge in [0.25, 0.3) is 11.5 Å². The SMILES string of the molecule is COC(=O)CNCC(=O)C(C)(C)NC(=O)c1cc2c(n(CC3CCCCC3)c1=O)CCCCCC2. The summed E-state index contributed by atoms with van der Waals surface area (Å²) in [5.41, 5.74) is 0.849. The molecule has 2 N–H and O–H groups in total. The number of nitrogens with zero attached hydrogens (tertiary/aromatic N) is 1. The Hall–Kier alpha value is -2.48. The number of pyridine rings is 1. The second-order valence-electron chi connectivity index (χ2n) is 10.5. The van der Waals surface area contributed by atoms with Gasteiger partial charge in [0.15, 0.2) is 5.78 Å². The second-order valence-corrected chi connectivity index (χ2v) is 10.5. The lowest BCUT2D eigenvalue weighted by Crippen LogP contribution is -2.54. The average Bonchev–Trinajstić information content (AvgIpc) is 2.81. The number of nitrogens with one attached hydrogen (secondary N) is 2. The molecule has 1 heterocycles. The molecule has 1 aromatic heterocycles. The molecule has 2 aliphatic carbocycles. The van der Waals surface area contributed by atoms with Crippen LogP contribution in [0.1, 0.15) is 93.3 Å². The number of ether oxygens (including phenoxy) is 1. The molecule has 0 bridgehead atoms. The van der Waals surface area contributed by atoms with Crippen LogP contribution in [0.5, 0.6) is 0 Å². The third-order valence-corrected chi connectivity index (χ3v) is 7.42. The third kappa shape index (κ3) is 7.26. The first-order valence-corrected chi connectivity index (χ1v) is 13.1. The van der Waals surface area contributed by atoms with Gasteiger partial charge < -0.3 is 14.6 Å². The lowest BCUT2D eigenvalue weighted by Gasteiger charge is -2.28. The molecule has 1 fully saturated rings. The minimum atomic E-state index is -1.20. The van der Waals surface area contributed by atoms with E-state index in [0.29, 0.717) is 12.5 Å². The highest BCUT2D eigenvalue weighted by molar-refractivity contribution is 6.00. The fourth-order valence-electron chi connectivity index (χ4n) is 5.21. The van der Waals surface area contributed by atoms with Gasteiger partial charge in [0.1, 0.15) is 5.56 Å². The van der Waals surface area contributed by atoms with Crippen LogP contribution < -0.4 is 16.2 Å². The summed E-state index contributed by atoms with van der Waals surface area (Å²) < 4.78 is 6.45. The first kappa shape index (κ1) is 27.1. The van der Waals surface area contributed by atoms with E-state index in [2.05, 4.69) is 15.4 Å². The molecule has 2 aliphatic rings. The first-order valence-electron chi connectivity index (χ1n) is 13.1. The highest BCUT2D eigenvalue weighted by Crippen LogP contribution is 2.27. The smallest absolute Gasteiger partial charge is 0.319 e. The van der Waals surface area contributed by atoms with E-state index < -0.39 is 17.4 Å². The van der Waals surface area contributed by atoms with Gasteiger partial charge in [-0.1, -0.05) is 32.1 Å². The Morgan fingerprint density at radius 2 is 1.66 bits per heavy atom. The van der Waals surface area contributed by atoms with Crippen molar-refractivity contribution < 1.29 is 19.1 Å². The number of fused-ring (bicyclic) bond motifs is 1. The van der Waals surface area contributed by atoms with Crippen LogP contribution in [-0.2, 0) is 33.7 Å². The molecule has 0 unspecified atom stereocenters. The number of esters is 1. The van der Waals surface area contributed by atoms with E-state index in [4.69, 9.17) is 0 Å². The maximum Gasteiger partial charge on any atom is 0.319 e. The topological polar surface area (TPSA) is 106 Å². The zero-order valence-corrected chi connectivity index (χ0v) is 21.5. The largest absolute Gasteiger partial charge is 0.468 e. The number of ketones is 1. The third-order valence-electron chi connectivity index (χ3n) is 7.42. The summed E-state index contributed by atoms with van der Waals surface area (Å²) in [5, 5.41) is 5.51. The van der Waals surface area contributed by atoms with Crippen molar-refractivity contribution in [3.05, 3.63) is 33.2 Å². The predicted molar refractivity (Wildman–Crippen MR) is 135 cm³/mol. The minimum Gasteiger partial charge on any atom is -0.468 e. The van der Waals surface area contributed by atoms with Crippen molar-refractivity contribution in [2.45, 2.75) is 96.6 Å². The van der Waals surface area contributed by atoms with Crippen LogP contribution in [0, 0.1) is 5.92 Å². The molecule has 3 rings (SSSR count). The van der Waals surface area contributed by atoms with E-state index in [1.165, 1.54) is 32.8 Å². The van der Waals surface area contributed by atoms with Crippen LogP contribution in [0.15, 0.2) is 10.9 Å². The maximum atomic E-state index is 13.6. The predicted octanol–water partition coefficient (Wildman–Crippen LogP) is 2.93. The summed E-state index contributed by atoms with van der Waals surface area (Å²) in [6.07, 6.45) is 12.1. The van der Waals surface area contributed by atoms with E-state index in [-0.39, 0.29) is 30.0 Å². The van der Waals surface area contributed by atoms with Crippen molar-refractivity contribution in [1.29, 1.82) is 0 Å². The lowest BCUT2D eigenvalue weighted by molar-refractivity contribution is -0.139. The monoisotopic (exact) mass is 487 g/mol. The summed E-state index contributed by atoms with van der Waals surface area (Å²) in [6.45, 7) is 3.70. The van der Waals surface area contributed by atoms with Crippen LogP contribution in [0.2, 0.25) is 0 Å². The van der Waals surface area contributed by atoms with Crippen molar-refractivity contribution in [1.82, 2.24) is 15.2 Å². The Balaban J connectivity index is 1.84. The van der Waals surface area contributed by atoms with Gasteiger partial charge in [-0.05, 0) is 69.9 Å². The van der Waals surface area contributed by atoms with Crippen molar-refractivity contribution >= 4 is 17.7 Å².